The normalized spacial score (nSPS) is 14.4. The molecule has 0 rings (SSSR count). The minimum absolute atomic E-state index is 0.216. The van der Waals surface area contributed by atoms with E-state index >= 15 is 0 Å². The lowest BCUT2D eigenvalue weighted by atomic mass is 9.90. The first-order chi connectivity index (χ1) is 7.37. The van der Waals surface area contributed by atoms with Crippen molar-refractivity contribution in [2.75, 3.05) is 47.4 Å². The molecule has 98 valence electrons. The number of hydrogen-bond donors (Lipinski definition) is 2. The largest absolute Gasteiger partial charge is 0.390 e. The quantitative estimate of drug-likeness (QED) is 0.610. The molecule has 1 unspecified atom stereocenters. The fraction of sp³-hybridized carbons (Fsp3) is 1.00. The first-order valence-corrected chi connectivity index (χ1v) is 5.90. The van der Waals surface area contributed by atoms with E-state index in [1.807, 2.05) is 19.0 Å². The molecule has 4 heteroatoms. The molecule has 0 aliphatic carbocycles. The maximum Gasteiger partial charge on any atom is 0.0791 e. The molecule has 0 saturated heterocycles. The molecule has 16 heavy (non-hydrogen) atoms. The summed E-state index contributed by atoms with van der Waals surface area (Å²) in [5, 5.41) is 13.0. The van der Waals surface area contributed by atoms with E-state index in [0.717, 1.165) is 19.6 Å². The predicted octanol–water partition coefficient (Wildman–Crippen LogP) is 0.561. The van der Waals surface area contributed by atoms with Gasteiger partial charge in [0.25, 0.3) is 0 Å². The van der Waals surface area contributed by atoms with Gasteiger partial charge in [0, 0.05) is 33.4 Å². The van der Waals surface area contributed by atoms with Gasteiger partial charge in [-0.15, -0.1) is 0 Å². The summed E-state index contributed by atoms with van der Waals surface area (Å²) >= 11 is 0. The molecular weight excluding hydrogens is 204 g/mol. The van der Waals surface area contributed by atoms with Crippen LogP contribution >= 0.6 is 0 Å². The van der Waals surface area contributed by atoms with Crippen LogP contribution in [-0.4, -0.2) is 63.6 Å². The van der Waals surface area contributed by atoms with Crippen LogP contribution in [0.5, 0.6) is 0 Å². The third kappa shape index (κ3) is 9.09. The Morgan fingerprint density at radius 3 is 2.50 bits per heavy atom. The Morgan fingerprint density at radius 2 is 2.00 bits per heavy atom. The Kier molecular flexibility index (Phi) is 7.93. The van der Waals surface area contributed by atoms with Gasteiger partial charge >= 0.3 is 0 Å². The zero-order valence-corrected chi connectivity index (χ0v) is 11.4. The van der Waals surface area contributed by atoms with Crippen molar-refractivity contribution in [1.82, 2.24) is 10.2 Å². The van der Waals surface area contributed by atoms with E-state index in [0.29, 0.717) is 13.1 Å². The van der Waals surface area contributed by atoms with Gasteiger partial charge in [-0.25, -0.2) is 0 Å². The molecule has 1 atom stereocenters. The predicted molar refractivity (Wildman–Crippen MR) is 67.7 cm³/mol. The van der Waals surface area contributed by atoms with Crippen LogP contribution in [0.15, 0.2) is 0 Å². The summed E-state index contributed by atoms with van der Waals surface area (Å²) in [7, 11) is 5.65. The third-order valence-corrected chi connectivity index (χ3v) is 2.54. The van der Waals surface area contributed by atoms with Gasteiger partial charge in [-0.2, -0.15) is 0 Å². The molecule has 0 aromatic heterocycles. The molecule has 0 aromatic rings. The molecule has 0 spiro atoms. The molecule has 0 heterocycles. The van der Waals surface area contributed by atoms with Gasteiger partial charge in [0.15, 0.2) is 0 Å². The highest BCUT2D eigenvalue weighted by Crippen LogP contribution is 2.18. The molecule has 0 aliphatic heterocycles. The highest BCUT2D eigenvalue weighted by Gasteiger charge is 2.17. The molecular formula is C12H28N2O2. The number of likely N-dealkylation sites (N-methyl/N-ethyl adjacent to an activating group) is 1. The molecule has 2 N–H and O–H groups in total. The lowest BCUT2D eigenvalue weighted by molar-refractivity contribution is 0.123. The minimum atomic E-state index is -0.298. The first kappa shape index (κ1) is 15.8. The maximum absolute atomic E-state index is 9.66. The second-order valence-corrected chi connectivity index (χ2v) is 5.45. The SMILES string of the molecule is COCCC(C)(C)CNCC(O)CN(C)C. The van der Waals surface area contributed by atoms with Crippen molar-refractivity contribution < 1.29 is 9.84 Å². The summed E-state index contributed by atoms with van der Waals surface area (Å²) < 4.78 is 5.07. The lowest BCUT2D eigenvalue weighted by Gasteiger charge is -2.26. The molecule has 0 aliphatic rings. The molecule has 0 fully saturated rings. The number of aliphatic hydroxyl groups is 1. The number of hydrogen-bond acceptors (Lipinski definition) is 4. The minimum Gasteiger partial charge on any atom is -0.390 e. The van der Waals surface area contributed by atoms with E-state index in [-0.39, 0.29) is 11.5 Å². The monoisotopic (exact) mass is 232 g/mol. The van der Waals surface area contributed by atoms with Crippen LogP contribution in [0.3, 0.4) is 0 Å². The van der Waals surface area contributed by atoms with Gasteiger partial charge in [0.1, 0.15) is 0 Å². The van der Waals surface area contributed by atoms with E-state index in [9.17, 15) is 5.11 Å². The van der Waals surface area contributed by atoms with Crippen LogP contribution in [-0.2, 0) is 4.74 Å². The molecule has 0 radical (unpaired) electrons. The van der Waals surface area contributed by atoms with Crippen LogP contribution < -0.4 is 5.32 Å². The third-order valence-electron chi connectivity index (χ3n) is 2.54. The van der Waals surface area contributed by atoms with Crippen LogP contribution in [0.25, 0.3) is 0 Å². The number of nitrogens with one attached hydrogen (secondary N) is 1. The molecule has 4 nitrogen and oxygen atoms in total. The number of aliphatic hydroxyl groups excluding tert-OH is 1. The topological polar surface area (TPSA) is 44.7 Å². The molecule has 0 bridgehead atoms. The van der Waals surface area contributed by atoms with E-state index in [2.05, 4.69) is 19.2 Å². The summed E-state index contributed by atoms with van der Waals surface area (Å²) in [6.45, 7) is 7.45. The first-order valence-electron chi connectivity index (χ1n) is 5.90. The Hall–Kier alpha value is -0.160. The van der Waals surface area contributed by atoms with Gasteiger partial charge in [-0.05, 0) is 25.9 Å². The second kappa shape index (κ2) is 8.01. The standard InChI is InChI=1S/C12H28N2O2/c1-12(2,6-7-16-5)10-13-8-11(15)9-14(3)4/h11,13,15H,6-10H2,1-5H3. The average molecular weight is 232 g/mol. The fourth-order valence-electron chi connectivity index (χ4n) is 1.53. The maximum atomic E-state index is 9.66. The fourth-order valence-corrected chi connectivity index (χ4v) is 1.53. The number of nitrogens with zero attached hydrogens (tertiary/aromatic N) is 1. The summed E-state index contributed by atoms with van der Waals surface area (Å²) in [5.41, 5.74) is 0.216. The van der Waals surface area contributed by atoms with E-state index in [1.165, 1.54) is 0 Å². The van der Waals surface area contributed by atoms with Gasteiger partial charge in [-0.1, -0.05) is 13.8 Å². The molecule has 0 amide bonds. The van der Waals surface area contributed by atoms with Crippen molar-refractivity contribution in [3.63, 3.8) is 0 Å². The van der Waals surface area contributed by atoms with E-state index in [1.54, 1.807) is 7.11 Å². The van der Waals surface area contributed by atoms with Crippen molar-refractivity contribution in [3.05, 3.63) is 0 Å². The highest BCUT2D eigenvalue weighted by atomic mass is 16.5. The van der Waals surface area contributed by atoms with Crippen molar-refractivity contribution in [2.24, 2.45) is 5.41 Å². The van der Waals surface area contributed by atoms with Gasteiger partial charge in [0.2, 0.25) is 0 Å². The van der Waals surface area contributed by atoms with Gasteiger partial charge < -0.3 is 20.1 Å². The zero-order chi connectivity index (χ0) is 12.6. The van der Waals surface area contributed by atoms with Crippen LogP contribution in [0.2, 0.25) is 0 Å². The van der Waals surface area contributed by atoms with Crippen molar-refractivity contribution in [1.29, 1.82) is 0 Å². The zero-order valence-electron chi connectivity index (χ0n) is 11.4. The second-order valence-electron chi connectivity index (χ2n) is 5.45. The van der Waals surface area contributed by atoms with Gasteiger partial charge in [-0.3, -0.25) is 0 Å². The van der Waals surface area contributed by atoms with Crippen molar-refractivity contribution in [2.45, 2.75) is 26.4 Å². The average Bonchev–Trinajstić information content (AvgIpc) is 2.13. The Balaban J connectivity index is 3.63. The lowest BCUT2D eigenvalue weighted by Crippen LogP contribution is -2.39. The van der Waals surface area contributed by atoms with Crippen molar-refractivity contribution in [3.8, 4) is 0 Å². The smallest absolute Gasteiger partial charge is 0.0791 e. The summed E-state index contributed by atoms with van der Waals surface area (Å²) in [4.78, 5) is 1.99. The number of methoxy groups -OCH3 is 1. The summed E-state index contributed by atoms with van der Waals surface area (Å²) in [5.74, 6) is 0. The van der Waals surface area contributed by atoms with E-state index < -0.39 is 0 Å². The molecule has 0 aromatic carbocycles. The Morgan fingerprint density at radius 1 is 1.38 bits per heavy atom. The van der Waals surface area contributed by atoms with Gasteiger partial charge in [0.05, 0.1) is 6.10 Å². The Bertz CT molecular complexity index is 172. The summed E-state index contributed by atoms with van der Waals surface area (Å²) in [6, 6.07) is 0. The van der Waals surface area contributed by atoms with Crippen LogP contribution in [0.1, 0.15) is 20.3 Å². The van der Waals surface area contributed by atoms with Crippen LogP contribution in [0, 0.1) is 5.41 Å². The van der Waals surface area contributed by atoms with Crippen LogP contribution in [0.4, 0.5) is 0 Å². The van der Waals surface area contributed by atoms with Crippen molar-refractivity contribution >= 4 is 0 Å². The Labute approximate surface area is 100.0 Å². The molecule has 0 saturated carbocycles. The number of ether oxygens (including phenoxy) is 1. The van der Waals surface area contributed by atoms with E-state index in [4.69, 9.17) is 4.74 Å². The summed E-state index contributed by atoms with van der Waals surface area (Å²) in [6.07, 6.45) is 0.730. The number of rotatable bonds is 9. The highest BCUT2D eigenvalue weighted by molar-refractivity contribution is 4.73.